The number of benzene rings is 1. The Hall–Kier alpha value is -3.22. The first kappa shape index (κ1) is 16.6. The fraction of sp³-hybridized carbons (Fsp3) is 0.222. The first-order chi connectivity index (χ1) is 12.2. The number of rotatable bonds is 7. The minimum Gasteiger partial charge on any atom is -0.461 e. The molecule has 0 aliphatic rings. The molecular weight excluding hydrogens is 322 g/mol. The lowest BCUT2D eigenvalue weighted by Crippen LogP contribution is -2.30. The van der Waals surface area contributed by atoms with Crippen molar-refractivity contribution in [3.05, 3.63) is 54.8 Å². The summed E-state index contributed by atoms with van der Waals surface area (Å²) in [5.74, 6) is 1.01. The predicted octanol–water partition coefficient (Wildman–Crippen LogP) is 3.55. The number of anilines is 1. The predicted molar refractivity (Wildman–Crippen MR) is 92.6 cm³/mol. The molecule has 0 radical (unpaired) electrons. The molecule has 0 aliphatic heterocycles. The van der Waals surface area contributed by atoms with Crippen molar-refractivity contribution in [3.63, 3.8) is 0 Å². The van der Waals surface area contributed by atoms with E-state index in [4.69, 9.17) is 13.7 Å². The largest absolute Gasteiger partial charge is 0.461 e. The van der Waals surface area contributed by atoms with Gasteiger partial charge in [0.1, 0.15) is 0 Å². The van der Waals surface area contributed by atoms with E-state index >= 15 is 0 Å². The Morgan fingerprint density at radius 2 is 2.04 bits per heavy atom. The minimum absolute atomic E-state index is 0.0882. The number of carbonyl (C=O) groups is 1. The van der Waals surface area contributed by atoms with Crippen LogP contribution in [0.1, 0.15) is 6.42 Å². The average molecular weight is 341 g/mol. The maximum atomic E-state index is 11.8. The molecule has 25 heavy (non-hydrogen) atoms. The molecule has 1 amide bonds. The minimum atomic E-state index is -0.568. The van der Waals surface area contributed by atoms with Gasteiger partial charge in [0.2, 0.25) is 5.76 Å². The van der Waals surface area contributed by atoms with E-state index in [1.165, 1.54) is 12.3 Å². The molecule has 0 saturated heterocycles. The summed E-state index contributed by atoms with van der Waals surface area (Å²) in [7, 11) is 2.01. The van der Waals surface area contributed by atoms with Crippen LogP contribution in [-0.4, -0.2) is 31.4 Å². The number of hydrogen-bond donors (Lipinski definition) is 1. The molecule has 7 nitrogen and oxygen atoms in total. The Balaban J connectivity index is 1.38. The van der Waals surface area contributed by atoms with Gasteiger partial charge in [0.15, 0.2) is 5.76 Å². The molecule has 2 heterocycles. The second kappa shape index (κ2) is 8.05. The number of amides is 1. The van der Waals surface area contributed by atoms with Gasteiger partial charge in [-0.3, -0.25) is 0 Å². The van der Waals surface area contributed by atoms with Gasteiger partial charge in [-0.2, -0.15) is 0 Å². The van der Waals surface area contributed by atoms with E-state index in [2.05, 4.69) is 15.4 Å². The van der Waals surface area contributed by atoms with Crippen molar-refractivity contribution in [2.24, 2.45) is 0 Å². The highest BCUT2D eigenvalue weighted by Crippen LogP contribution is 2.23. The summed E-state index contributed by atoms with van der Waals surface area (Å²) in [6.07, 6.45) is 1.75. The van der Waals surface area contributed by atoms with Crippen LogP contribution in [0, 0.1) is 0 Å². The number of ether oxygens (including phenoxy) is 1. The monoisotopic (exact) mass is 341 g/mol. The van der Waals surface area contributed by atoms with Gasteiger partial charge in [-0.05, 0) is 35.8 Å². The Labute approximate surface area is 145 Å². The first-order valence-electron chi connectivity index (χ1n) is 7.95. The number of nitrogens with zero attached hydrogens (tertiary/aromatic N) is 2. The number of nitrogens with one attached hydrogen (secondary N) is 1. The number of carbonyl (C=O) groups excluding carboxylic acids is 1. The summed E-state index contributed by atoms with van der Waals surface area (Å²) in [6.45, 7) is 1.32. The zero-order valence-corrected chi connectivity index (χ0v) is 13.8. The van der Waals surface area contributed by atoms with Crippen LogP contribution in [0.4, 0.5) is 10.5 Å². The maximum Gasteiger partial charge on any atom is 0.414 e. The third kappa shape index (κ3) is 4.63. The van der Waals surface area contributed by atoms with Gasteiger partial charge in [-0.1, -0.05) is 18.2 Å². The summed E-state index contributed by atoms with van der Waals surface area (Å²) in [4.78, 5) is 13.9. The van der Waals surface area contributed by atoms with Gasteiger partial charge in [0.25, 0.3) is 5.88 Å². The standard InChI is InChI=1S/C18H19N3O4/c1-21(14-7-3-2-4-8-14)11-6-10-19-18(22)24-17-13-16(25-20-17)15-9-5-12-23-15/h2-5,7-9,12-13H,6,10-11H2,1H3,(H,19,22). The van der Waals surface area contributed by atoms with E-state index in [1.54, 1.807) is 12.1 Å². The van der Waals surface area contributed by atoms with Crippen molar-refractivity contribution < 1.29 is 18.5 Å². The van der Waals surface area contributed by atoms with Crippen LogP contribution < -0.4 is 15.0 Å². The van der Waals surface area contributed by atoms with E-state index in [0.717, 1.165) is 18.7 Å². The molecule has 1 N–H and O–H groups in total. The van der Waals surface area contributed by atoms with Crippen LogP contribution in [0.25, 0.3) is 11.5 Å². The zero-order valence-electron chi connectivity index (χ0n) is 13.8. The summed E-state index contributed by atoms with van der Waals surface area (Å²) < 4.78 is 15.3. The highest BCUT2D eigenvalue weighted by Gasteiger charge is 2.12. The van der Waals surface area contributed by atoms with Gasteiger partial charge in [-0.15, -0.1) is 0 Å². The number of aromatic nitrogens is 1. The number of para-hydroxylation sites is 1. The van der Waals surface area contributed by atoms with Crippen molar-refractivity contribution >= 4 is 11.8 Å². The summed E-state index contributed by atoms with van der Waals surface area (Å²) in [6, 6.07) is 15.0. The van der Waals surface area contributed by atoms with E-state index in [-0.39, 0.29) is 5.88 Å². The fourth-order valence-electron chi connectivity index (χ4n) is 2.29. The van der Waals surface area contributed by atoms with Crippen molar-refractivity contribution in [1.29, 1.82) is 0 Å². The number of hydrogen-bond acceptors (Lipinski definition) is 6. The molecule has 2 aromatic heterocycles. The molecular formula is C18H19N3O4. The van der Waals surface area contributed by atoms with Crippen LogP contribution in [0.5, 0.6) is 5.88 Å². The normalized spacial score (nSPS) is 10.4. The van der Waals surface area contributed by atoms with E-state index in [0.29, 0.717) is 18.1 Å². The van der Waals surface area contributed by atoms with Crippen molar-refractivity contribution in [2.75, 3.05) is 25.0 Å². The second-order valence-corrected chi connectivity index (χ2v) is 5.43. The highest BCUT2D eigenvalue weighted by molar-refractivity contribution is 5.70. The SMILES string of the molecule is CN(CCCNC(=O)Oc1cc(-c2ccco2)on1)c1ccccc1. The van der Waals surface area contributed by atoms with Crippen molar-refractivity contribution in [1.82, 2.24) is 10.5 Å². The lowest BCUT2D eigenvalue weighted by molar-refractivity contribution is 0.196. The van der Waals surface area contributed by atoms with Crippen molar-refractivity contribution in [3.8, 4) is 17.4 Å². The molecule has 0 unspecified atom stereocenters. The van der Waals surface area contributed by atoms with Gasteiger partial charge in [0, 0.05) is 25.8 Å². The van der Waals surface area contributed by atoms with Crippen LogP contribution in [0.2, 0.25) is 0 Å². The van der Waals surface area contributed by atoms with Gasteiger partial charge in [-0.25, -0.2) is 4.79 Å². The van der Waals surface area contributed by atoms with Crippen LogP contribution in [0.3, 0.4) is 0 Å². The fourth-order valence-corrected chi connectivity index (χ4v) is 2.29. The highest BCUT2D eigenvalue weighted by atomic mass is 16.6. The maximum absolute atomic E-state index is 11.8. The Bertz CT molecular complexity index is 784. The summed E-state index contributed by atoms with van der Waals surface area (Å²) >= 11 is 0. The molecule has 0 fully saturated rings. The van der Waals surface area contributed by atoms with Gasteiger partial charge >= 0.3 is 6.09 Å². The molecule has 0 aliphatic carbocycles. The third-order valence-corrected chi connectivity index (χ3v) is 3.59. The smallest absolute Gasteiger partial charge is 0.414 e. The molecule has 0 saturated carbocycles. The molecule has 1 aromatic carbocycles. The molecule has 3 rings (SSSR count). The zero-order chi connectivity index (χ0) is 17.5. The quantitative estimate of drug-likeness (QED) is 0.662. The van der Waals surface area contributed by atoms with Gasteiger partial charge < -0.3 is 23.9 Å². The molecule has 3 aromatic rings. The lowest BCUT2D eigenvalue weighted by atomic mass is 10.3. The summed E-state index contributed by atoms with van der Waals surface area (Å²) in [5.41, 5.74) is 1.14. The van der Waals surface area contributed by atoms with Crippen molar-refractivity contribution in [2.45, 2.75) is 6.42 Å². The van der Waals surface area contributed by atoms with E-state index in [1.807, 2.05) is 37.4 Å². The topological polar surface area (TPSA) is 80.7 Å². The Morgan fingerprint density at radius 1 is 1.20 bits per heavy atom. The number of furan rings is 1. The van der Waals surface area contributed by atoms with E-state index in [9.17, 15) is 4.79 Å². The third-order valence-electron chi connectivity index (χ3n) is 3.59. The average Bonchev–Trinajstić information content (AvgIpc) is 3.31. The second-order valence-electron chi connectivity index (χ2n) is 5.43. The van der Waals surface area contributed by atoms with E-state index < -0.39 is 6.09 Å². The molecule has 0 bridgehead atoms. The molecule has 0 spiro atoms. The first-order valence-corrected chi connectivity index (χ1v) is 7.95. The summed E-state index contributed by atoms with van der Waals surface area (Å²) in [5, 5.41) is 6.37. The Kier molecular flexibility index (Phi) is 5.36. The van der Waals surface area contributed by atoms with Gasteiger partial charge in [0.05, 0.1) is 12.3 Å². The molecule has 130 valence electrons. The Morgan fingerprint density at radius 3 is 2.80 bits per heavy atom. The van der Waals surface area contributed by atoms with Crippen LogP contribution in [-0.2, 0) is 0 Å². The van der Waals surface area contributed by atoms with Crippen LogP contribution in [0.15, 0.2) is 63.7 Å². The molecule has 7 heteroatoms. The lowest BCUT2D eigenvalue weighted by Gasteiger charge is -2.19. The van der Waals surface area contributed by atoms with Crippen LogP contribution >= 0.6 is 0 Å². The molecule has 0 atom stereocenters.